The van der Waals surface area contributed by atoms with E-state index in [2.05, 4.69) is 10.6 Å². The monoisotopic (exact) mass is 343 g/mol. The van der Waals surface area contributed by atoms with E-state index in [1.807, 2.05) is 0 Å². The van der Waals surface area contributed by atoms with E-state index in [1.165, 1.54) is 7.11 Å². The molecule has 1 atom stereocenters. The summed E-state index contributed by atoms with van der Waals surface area (Å²) in [5, 5.41) is 5.50. The Kier molecular flexibility index (Phi) is 7.12. The lowest BCUT2D eigenvalue weighted by molar-refractivity contribution is -0.123. The molecule has 0 unspecified atom stereocenters. The number of carbonyl (C=O) groups excluding carboxylic acids is 2. The van der Waals surface area contributed by atoms with Crippen molar-refractivity contribution in [1.29, 1.82) is 0 Å². The average Bonchev–Trinajstić information content (AvgIpc) is 3.29. The number of rotatable bonds is 7. The van der Waals surface area contributed by atoms with Crippen LogP contribution in [-0.4, -0.2) is 37.6 Å². The summed E-state index contributed by atoms with van der Waals surface area (Å²) < 4.78 is 10.7. The number of nitrogens with one attached hydrogen (secondary N) is 2. The molecular formula is C15H22ClN3O4. The molecule has 128 valence electrons. The fourth-order valence-electron chi connectivity index (χ4n) is 1.76. The number of hydrogen-bond acceptors (Lipinski definition) is 5. The topological polar surface area (TPSA) is 103 Å². The van der Waals surface area contributed by atoms with Gasteiger partial charge in [-0.25, -0.2) is 0 Å². The molecule has 1 fully saturated rings. The van der Waals surface area contributed by atoms with Gasteiger partial charge in [-0.3, -0.25) is 9.59 Å². The number of anilines is 1. The first-order valence-electron chi connectivity index (χ1n) is 7.16. The third-order valence-electron chi connectivity index (χ3n) is 3.15. The zero-order valence-electron chi connectivity index (χ0n) is 13.1. The van der Waals surface area contributed by atoms with E-state index in [0.29, 0.717) is 17.2 Å². The van der Waals surface area contributed by atoms with Gasteiger partial charge in [0.1, 0.15) is 0 Å². The maximum absolute atomic E-state index is 11.7. The van der Waals surface area contributed by atoms with Crippen molar-refractivity contribution >= 4 is 29.9 Å². The average molecular weight is 344 g/mol. The predicted molar refractivity (Wildman–Crippen MR) is 89.2 cm³/mol. The summed E-state index contributed by atoms with van der Waals surface area (Å²) >= 11 is 0. The van der Waals surface area contributed by atoms with Crippen LogP contribution in [0.3, 0.4) is 0 Å². The summed E-state index contributed by atoms with van der Waals surface area (Å²) in [4.78, 5) is 23.3. The minimum Gasteiger partial charge on any atom is -0.493 e. The summed E-state index contributed by atoms with van der Waals surface area (Å²) in [5.41, 5.74) is 6.04. The van der Waals surface area contributed by atoms with E-state index in [4.69, 9.17) is 15.2 Å². The molecule has 0 saturated heterocycles. The third kappa shape index (κ3) is 5.96. The number of halogens is 1. The second-order valence-electron chi connectivity index (χ2n) is 5.27. The molecule has 23 heavy (non-hydrogen) atoms. The number of ether oxygens (including phenoxy) is 2. The molecule has 4 N–H and O–H groups in total. The Morgan fingerprint density at radius 3 is 2.61 bits per heavy atom. The van der Waals surface area contributed by atoms with Crippen molar-refractivity contribution in [2.75, 3.05) is 19.0 Å². The Hall–Kier alpha value is -1.99. The molecule has 1 aliphatic rings. The number of benzene rings is 1. The normalized spacial score (nSPS) is 14.2. The van der Waals surface area contributed by atoms with E-state index < -0.39 is 6.04 Å². The highest BCUT2D eigenvalue weighted by Gasteiger charge is 2.23. The molecule has 0 spiro atoms. The zero-order chi connectivity index (χ0) is 16.1. The molecule has 0 aliphatic heterocycles. The van der Waals surface area contributed by atoms with Crippen molar-refractivity contribution in [2.45, 2.75) is 31.8 Å². The Balaban J connectivity index is 0.00000264. The minimum absolute atomic E-state index is 0. The van der Waals surface area contributed by atoms with Gasteiger partial charge < -0.3 is 25.8 Å². The fraction of sp³-hybridized carbons (Fsp3) is 0.467. The van der Waals surface area contributed by atoms with Crippen LogP contribution in [0.4, 0.5) is 5.69 Å². The van der Waals surface area contributed by atoms with Gasteiger partial charge in [0.2, 0.25) is 5.91 Å². The molecule has 0 aromatic heterocycles. The van der Waals surface area contributed by atoms with Crippen LogP contribution in [0.5, 0.6) is 11.5 Å². The van der Waals surface area contributed by atoms with Crippen LogP contribution >= 0.6 is 12.4 Å². The van der Waals surface area contributed by atoms with E-state index in [-0.39, 0.29) is 36.9 Å². The van der Waals surface area contributed by atoms with Crippen LogP contribution in [0, 0.1) is 0 Å². The molecule has 7 nitrogen and oxygen atoms in total. The van der Waals surface area contributed by atoms with Crippen molar-refractivity contribution < 1.29 is 19.1 Å². The number of hydrogen-bond donors (Lipinski definition) is 3. The third-order valence-corrected chi connectivity index (χ3v) is 3.15. The minimum atomic E-state index is -0.615. The lowest BCUT2D eigenvalue weighted by Gasteiger charge is -2.13. The van der Waals surface area contributed by atoms with Gasteiger partial charge >= 0.3 is 0 Å². The van der Waals surface area contributed by atoms with Crippen molar-refractivity contribution in [1.82, 2.24) is 5.32 Å². The molecule has 2 rings (SSSR count). The van der Waals surface area contributed by atoms with Crippen LogP contribution in [0.15, 0.2) is 18.2 Å². The molecule has 0 radical (unpaired) electrons. The molecule has 1 aliphatic carbocycles. The van der Waals surface area contributed by atoms with Crippen molar-refractivity contribution in [3.05, 3.63) is 18.2 Å². The molecule has 2 amide bonds. The first kappa shape index (κ1) is 19.1. The summed E-state index contributed by atoms with van der Waals surface area (Å²) in [5.74, 6) is 0.395. The van der Waals surface area contributed by atoms with E-state index in [9.17, 15) is 9.59 Å². The van der Waals surface area contributed by atoms with Gasteiger partial charge in [-0.2, -0.15) is 0 Å². The summed E-state index contributed by atoms with van der Waals surface area (Å²) in [6.45, 7) is 1.50. The number of methoxy groups -OCH3 is 1. The van der Waals surface area contributed by atoms with E-state index in [0.717, 1.165) is 12.8 Å². The Morgan fingerprint density at radius 2 is 2.04 bits per heavy atom. The summed E-state index contributed by atoms with van der Waals surface area (Å²) in [6, 6.07) is 4.61. The largest absolute Gasteiger partial charge is 0.493 e. The second-order valence-corrected chi connectivity index (χ2v) is 5.27. The van der Waals surface area contributed by atoms with Gasteiger partial charge in [0.15, 0.2) is 18.1 Å². The molecule has 8 heteroatoms. The molecule has 1 aromatic carbocycles. The highest BCUT2D eigenvalue weighted by Crippen LogP contribution is 2.30. The number of carbonyl (C=O) groups is 2. The van der Waals surface area contributed by atoms with Crippen molar-refractivity contribution in [3.63, 3.8) is 0 Å². The fourth-order valence-corrected chi connectivity index (χ4v) is 1.76. The molecule has 1 aromatic rings. The van der Waals surface area contributed by atoms with Crippen LogP contribution in [0.25, 0.3) is 0 Å². The lowest BCUT2D eigenvalue weighted by atomic mass is 10.2. The number of amides is 2. The van der Waals surface area contributed by atoms with Crippen LogP contribution in [0.1, 0.15) is 19.8 Å². The van der Waals surface area contributed by atoms with Crippen LogP contribution in [-0.2, 0) is 9.59 Å². The van der Waals surface area contributed by atoms with Gasteiger partial charge in [-0.05, 0) is 31.9 Å². The number of nitrogens with two attached hydrogens (primary N) is 1. The van der Waals surface area contributed by atoms with Crippen LogP contribution in [0.2, 0.25) is 0 Å². The van der Waals surface area contributed by atoms with E-state index >= 15 is 0 Å². The van der Waals surface area contributed by atoms with Gasteiger partial charge in [0, 0.05) is 17.8 Å². The standard InChI is InChI=1S/C15H21N3O4.ClH/c1-9(16)15(20)18-11-5-6-12(21-2)13(7-11)22-8-14(19)17-10-3-4-10;/h5-7,9-10H,3-4,8,16H2,1-2H3,(H,17,19)(H,18,20);1H/t9-;/m1./s1. The highest BCUT2D eigenvalue weighted by atomic mass is 35.5. The van der Waals surface area contributed by atoms with Gasteiger partial charge in [0.25, 0.3) is 5.91 Å². The molecule has 0 bridgehead atoms. The Bertz CT molecular complexity index is 562. The quantitative estimate of drug-likeness (QED) is 0.687. The van der Waals surface area contributed by atoms with Gasteiger partial charge in [-0.15, -0.1) is 12.4 Å². The Morgan fingerprint density at radius 1 is 1.35 bits per heavy atom. The van der Waals surface area contributed by atoms with Crippen molar-refractivity contribution in [2.24, 2.45) is 5.73 Å². The SMILES string of the molecule is COc1ccc(NC(=O)[C@@H](C)N)cc1OCC(=O)NC1CC1.Cl. The first-order chi connectivity index (χ1) is 10.5. The predicted octanol–water partition coefficient (Wildman–Crippen LogP) is 1.06. The molecule has 0 heterocycles. The lowest BCUT2D eigenvalue weighted by Crippen LogP contribution is -2.32. The zero-order valence-corrected chi connectivity index (χ0v) is 13.9. The summed E-state index contributed by atoms with van der Waals surface area (Å²) in [6.07, 6.45) is 2.04. The van der Waals surface area contributed by atoms with E-state index in [1.54, 1.807) is 25.1 Å². The maximum Gasteiger partial charge on any atom is 0.258 e. The highest BCUT2D eigenvalue weighted by molar-refractivity contribution is 5.94. The Labute approximate surface area is 141 Å². The molecular weight excluding hydrogens is 322 g/mol. The van der Waals surface area contributed by atoms with Crippen molar-refractivity contribution in [3.8, 4) is 11.5 Å². The second kappa shape index (κ2) is 8.59. The summed E-state index contributed by atoms with van der Waals surface area (Å²) in [7, 11) is 1.51. The van der Waals surface area contributed by atoms with Gasteiger partial charge in [0.05, 0.1) is 13.2 Å². The maximum atomic E-state index is 11.7. The molecule has 1 saturated carbocycles. The smallest absolute Gasteiger partial charge is 0.258 e. The first-order valence-corrected chi connectivity index (χ1v) is 7.16. The van der Waals surface area contributed by atoms with Crippen LogP contribution < -0.4 is 25.8 Å². The van der Waals surface area contributed by atoms with Gasteiger partial charge in [-0.1, -0.05) is 0 Å².